The topological polar surface area (TPSA) is 91.1 Å². The average Bonchev–Trinajstić information content (AvgIpc) is 3.66. The van der Waals surface area contributed by atoms with Gasteiger partial charge in [0.15, 0.2) is 17.4 Å². The van der Waals surface area contributed by atoms with E-state index in [-0.39, 0.29) is 29.1 Å². The number of rotatable bonds is 5. The first-order valence-electron chi connectivity index (χ1n) is 12.1. The molecule has 0 radical (unpaired) electrons. The van der Waals surface area contributed by atoms with E-state index in [2.05, 4.69) is 15.0 Å². The number of aromatic nitrogens is 2. The zero-order valence-corrected chi connectivity index (χ0v) is 19.7. The molecule has 2 atom stereocenters. The van der Waals surface area contributed by atoms with Crippen LogP contribution in [0.4, 0.5) is 33.5 Å². The lowest BCUT2D eigenvalue weighted by Gasteiger charge is -2.18. The number of alkyl halides is 3. The summed E-state index contributed by atoms with van der Waals surface area (Å²) < 4.78 is 76.4. The highest BCUT2D eigenvalue weighted by atomic mass is 19.4. The lowest BCUT2D eigenvalue weighted by molar-refractivity contribution is -0.275. The normalized spacial score (nSPS) is 23.5. The van der Waals surface area contributed by atoms with Gasteiger partial charge in [0, 0.05) is 28.7 Å². The molecule has 1 saturated heterocycles. The number of hydrogen-bond donors (Lipinski definition) is 3. The van der Waals surface area contributed by atoms with Crippen molar-refractivity contribution in [3.8, 4) is 17.0 Å². The Balaban J connectivity index is 1.66. The number of piperidine rings is 1. The molecule has 6 rings (SSSR count). The molecule has 11 heteroatoms. The van der Waals surface area contributed by atoms with E-state index in [0.29, 0.717) is 34.8 Å². The number of nitrogens with two attached hydrogens (primary N) is 2. The molecule has 2 aliphatic carbocycles. The lowest BCUT2D eigenvalue weighted by atomic mass is 9.96. The van der Waals surface area contributed by atoms with Crippen LogP contribution in [0.2, 0.25) is 0 Å². The van der Waals surface area contributed by atoms with Crippen molar-refractivity contribution in [1.82, 2.24) is 14.9 Å². The standard InChI is InChI=1S/C25H26F5N5O/c1-9(2)20-18-17(16-13-7-33-8-14(13)16)24(32)35(11-3-4-11)22(18)19(27)21(34-20)12-5-10(31)6-15(26)23(12)36-25(28,29)30/h5-6,9,11,13-14,16,33H,3-4,7-8,31-32H2,1-2H3. The zero-order valence-electron chi connectivity index (χ0n) is 19.7. The van der Waals surface area contributed by atoms with Crippen molar-refractivity contribution in [2.75, 3.05) is 24.6 Å². The van der Waals surface area contributed by atoms with Crippen LogP contribution in [0.25, 0.3) is 22.2 Å². The molecule has 192 valence electrons. The van der Waals surface area contributed by atoms with Gasteiger partial charge in [0.1, 0.15) is 11.5 Å². The van der Waals surface area contributed by atoms with E-state index in [1.54, 1.807) is 4.57 Å². The number of anilines is 2. The van der Waals surface area contributed by atoms with Crippen molar-refractivity contribution in [3.05, 3.63) is 35.0 Å². The molecule has 3 aromatic rings. The molecule has 0 bridgehead atoms. The summed E-state index contributed by atoms with van der Waals surface area (Å²) in [6, 6.07) is 1.75. The summed E-state index contributed by atoms with van der Waals surface area (Å²) in [5.41, 5.74) is 12.9. The maximum Gasteiger partial charge on any atom is 0.573 e. The van der Waals surface area contributed by atoms with Crippen molar-refractivity contribution in [2.24, 2.45) is 11.8 Å². The molecule has 6 nitrogen and oxygen atoms in total. The summed E-state index contributed by atoms with van der Waals surface area (Å²) in [7, 11) is 0. The largest absolute Gasteiger partial charge is 0.573 e. The Morgan fingerprint density at radius 1 is 1.11 bits per heavy atom. The van der Waals surface area contributed by atoms with Crippen LogP contribution >= 0.6 is 0 Å². The molecule has 3 aliphatic rings. The van der Waals surface area contributed by atoms with Crippen LogP contribution in [0.15, 0.2) is 12.1 Å². The minimum Gasteiger partial charge on any atom is -0.402 e. The molecule has 0 amide bonds. The highest BCUT2D eigenvalue weighted by Crippen LogP contribution is 2.61. The minimum absolute atomic E-state index is 0.00815. The van der Waals surface area contributed by atoms with E-state index in [1.807, 2.05) is 13.8 Å². The molecular formula is C25H26F5N5O. The lowest BCUT2D eigenvalue weighted by Crippen LogP contribution is -2.19. The third-order valence-electron chi connectivity index (χ3n) is 7.61. The van der Waals surface area contributed by atoms with Crippen molar-refractivity contribution in [3.63, 3.8) is 0 Å². The number of fused-ring (bicyclic) bond motifs is 2. The number of pyridine rings is 1. The molecule has 3 fully saturated rings. The second kappa shape index (κ2) is 7.71. The van der Waals surface area contributed by atoms with Crippen molar-refractivity contribution in [2.45, 2.75) is 50.9 Å². The zero-order chi connectivity index (χ0) is 25.7. The van der Waals surface area contributed by atoms with Gasteiger partial charge >= 0.3 is 6.36 Å². The first-order chi connectivity index (χ1) is 17.0. The highest BCUT2D eigenvalue weighted by Gasteiger charge is 2.56. The Labute approximate surface area is 203 Å². The van der Waals surface area contributed by atoms with Gasteiger partial charge in [-0.1, -0.05) is 13.8 Å². The molecule has 0 spiro atoms. The van der Waals surface area contributed by atoms with Crippen LogP contribution in [0, 0.1) is 23.5 Å². The van der Waals surface area contributed by atoms with Crippen LogP contribution in [-0.2, 0) is 0 Å². The number of nitrogen functional groups attached to an aromatic ring is 2. The summed E-state index contributed by atoms with van der Waals surface area (Å²) in [4.78, 5) is 4.51. The number of nitrogens with one attached hydrogen (secondary N) is 1. The van der Waals surface area contributed by atoms with E-state index in [0.717, 1.165) is 37.6 Å². The molecule has 36 heavy (non-hydrogen) atoms. The van der Waals surface area contributed by atoms with Crippen LogP contribution in [0.3, 0.4) is 0 Å². The maximum absolute atomic E-state index is 16.4. The quantitative estimate of drug-likeness (QED) is 0.316. The number of ether oxygens (including phenoxy) is 1. The third kappa shape index (κ3) is 3.50. The Hall–Kier alpha value is -3.08. The molecule has 2 unspecified atom stereocenters. The Kier molecular flexibility index (Phi) is 4.99. The highest BCUT2D eigenvalue weighted by molar-refractivity contribution is 5.96. The number of nitrogens with zero attached hydrogens (tertiary/aromatic N) is 2. The summed E-state index contributed by atoms with van der Waals surface area (Å²) in [6.07, 6.45) is -3.57. The minimum atomic E-state index is -5.20. The molecule has 2 saturated carbocycles. The monoisotopic (exact) mass is 507 g/mol. The number of halogens is 5. The van der Waals surface area contributed by atoms with E-state index in [9.17, 15) is 17.6 Å². The van der Waals surface area contributed by atoms with Crippen LogP contribution in [0.1, 0.15) is 55.8 Å². The van der Waals surface area contributed by atoms with Crippen LogP contribution in [-0.4, -0.2) is 29.0 Å². The molecular weight excluding hydrogens is 481 g/mol. The molecule has 2 aromatic heterocycles. The molecule has 1 aliphatic heterocycles. The summed E-state index contributed by atoms with van der Waals surface area (Å²) in [5.74, 6) is -2.13. The van der Waals surface area contributed by atoms with Gasteiger partial charge in [-0.05, 0) is 55.7 Å². The van der Waals surface area contributed by atoms with E-state index in [1.165, 1.54) is 0 Å². The van der Waals surface area contributed by atoms with Gasteiger partial charge < -0.3 is 26.1 Å². The predicted molar refractivity (Wildman–Crippen MR) is 126 cm³/mol. The van der Waals surface area contributed by atoms with Crippen LogP contribution in [0.5, 0.6) is 5.75 Å². The van der Waals surface area contributed by atoms with E-state index < -0.39 is 35.0 Å². The summed E-state index contributed by atoms with van der Waals surface area (Å²) >= 11 is 0. The van der Waals surface area contributed by atoms with Crippen molar-refractivity contribution in [1.29, 1.82) is 0 Å². The van der Waals surface area contributed by atoms with Gasteiger partial charge in [0.05, 0.1) is 16.8 Å². The smallest absolute Gasteiger partial charge is 0.402 e. The van der Waals surface area contributed by atoms with E-state index in [4.69, 9.17) is 11.5 Å². The van der Waals surface area contributed by atoms with Gasteiger partial charge in [-0.3, -0.25) is 0 Å². The average molecular weight is 508 g/mol. The van der Waals surface area contributed by atoms with Gasteiger partial charge in [0.25, 0.3) is 0 Å². The van der Waals surface area contributed by atoms with Gasteiger partial charge in [-0.15, -0.1) is 13.2 Å². The van der Waals surface area contributed by atoms with Gasteiger partial charge in [-0.25, -0.2) is 13.8 Å². The first kappa shape index (κ1) is 23.3. The fourth-order valence-corrected chi connectivity index (χ4v) is 5.94. The first-order valence-corrected chi connectivity index (χ1v) is 12.1. The van der Waals surface area contributed by atoms with Gasteiger partial charge in [-0.2, -0.15) is 0 Å². The number of benzene rings is 1. The fourth-order valence-electron chi connectivity index (χ4n) is 5.94. The Morgan fingerprint density at radius 3 is 2.36 bits per heavy atom. The van der Waals surface area contributed by atoms with E-state index >= 15 is 4.39 Å². The molecule has 1 aromatic carbocycles. The fraction of sp³-hybridized carbons (Fsp3) is 0.480. The Bertz CT molecular complexity index is 1380. The van der Waals surface area contributed by atoms with Crippen LogP contribution < -0.4 is 21.5 Å². The predicted octanol–water partition coefficient (Wildman–Crippen LogP) is 5.44. The maximum atomic E-state index is 16.4. The SMILES string of the molecule is CC(C)c1nc(-c2cc(N)cc(F)c2OC(F)(F)F)c(F)c2c1c(C1C3CNCC31)c(N)n2C1CC1. The third-order valence-corrected chi connectivity index (χ3v) is 7.61. The summed E-state index contributed by atoms with van der Waals surface area (Å²) in [5, 5.41) is 3.98. The second-order valence-electron chi connectivity index (χ2n) is 10.4. The molecule has 5 N–H and O–H groups in total. The number of hydrogen-bond acceptors (Lipinski definition) is 5. The molecule has 3 heterocycles. The summed E-state index contributed by atoms with van der Waals surface area (Å²) in [6.45, 7) is 5.47. The van der Waals surface area contributed by atoms with Gasteiger partial charge in [0.2, 0.25) is 0 Å². The second-order valence-corrected chi connectivity index (χ2v) is 10.4. The van der Waals surface area contributed by atoms with Crippen molar-refractivity contribution < 1.29 is 26.7 Å². The Morgan fingerprint density at radius 2 is 1.78 bits per heavy atom. The van der Waals surface area contributed by atoms with Crippen molar-refractivity contribution >= 4 is 22.4 Å².